The highest BCUT2D eigenvalue weighted by Gasteiger charge is 2.28. The van der Waals surface area contributed by atoms with Crippen LogP contribution in [-0.4, -0.2) is 30.9 Å². The Labute approximate surface area is 158 Å². The zero-order valence-electron chi connectivity index (χ0n) is 15.5. The summed E-state index contributed by atoms with van der Waals surface area (Å²) in [6.45, 7) is 3.57. The average molecular weight is 386 g/mol. The molecule has 142 valence electrons. The lowest BCUT2D eigenvalue weighted by Gasteiger charge is -2.26. The summed E-state index contributed by atoms with van der Waals surface area (Å²) in [4.78, 5) is 15.4. The van der Waals surface area contributed by atoms with Crippen LogP contribution in [0, 0.1) is 0 Å². The predicted octanol–water partition coefficient (Wildman–Crippen LogP) is 3.14. The van der Waals surface area contributed by atoms with Crippen molar-refractivity contribution in [2.24, 2.45) is 0 Å². The maximum Gasteiger partial charge on any atom is 0.252 e. The van der Waals surface area contributed by atoms with Crippen LogP contribution in [0.1, 0.15) is 19.4 Å². The van der Waals surface area contributed by atoms with Gasteiger partial charge < -0.3 is 9.72 Å². The fourth-order valence-electron chi connectivity index (χ4n) is 2.91. The molecular weight excluding hydrogens is 364 g/mol. The van der Waals surface area contributed by atoms with Gasteiger partial charge in [0.05, 0.1) is 12.0 Å². The van der Waals surface area contributed by atoms with Crippen molar-refractivity contribution in [3.05, 3.63) is 70.5 Å². The van der Waals surface area contributed by atoms with Gasteiger partial charge in [0.2, 0.25) is 10.0 Å². The number of fused-ring (bicyclic) bond motifs is 1. The highest BCUT2D eigenvalue weighted by molar-refractivity contribution is 7.89. The van der Waals surface area contributed by atoms with Gasteiger partial charge in [0.1, 0.15) is 5.75 Å². The molecule has 0 aliphatic heterocycles. The third-order valence-electron chi connectivity index (χ3n) is 4.40. The average Bonchev–Trinajstić information content (AvgIpc) is 2.65. The molecule has 0 radical (unpaired) electrons. The molecule has 1 heterocycles. The van der Waals surface area contributed by atoms with Crippen molar-refractivity contribution in [1.29, 1.82) is 0 Å². The minimum atomic E-state index is -3.77. The Kier molecular flexibility index (Phi) is 5.34. The number of hydrogen-bond acceptors (Lipinski definition) is 4. The summed E-state index contributed by atoms with van der Waals surface area (Å²) in [5.41, 5.74) is 0.837. The predicted molar refractivity (Wildman–Crippen MR) is 105 cm³/mol. The number of para-hydroxylation sites is 1. The van der Waals surface area contributed by atoms with Gasteiger partial charge in [-0.15, -0.1) is 0 Å². The van der Waals surface area contributed by atoms with E-state index in [0.717, 1.165) is 10.9 Å². The molecule has 0 unspecified atom stereocenters. The van der Waals surface area contributed by atoms with Crippen molar-refractivity contribution in [2.45, 2.75) is 31.3 Å². The van der Waals surface area contributed by atoms with E-state index in [1.165, 1.54) is 23.5 Å². The first-order valence-corrected chi connectivity index (χ1v) is 10.0. The largest absolute Gasteiger partial charge is 0.497 e. The quantitative estimate of drug-likeness (QED) is 0.706. The van der Waals surface area contributed by atoms with Crippen LogP contribution in [0.25, 0.3) is 10.9 Å². The summed E-state index contributed by atoms with van der Waals surface area (Å²) in [7, 11) is -2.24. The van der Waals surface area contributed by atoms with Crippen LogP contribution < -0.4 is 10.3 Å². The lowest BCUT2D eigenvalue weighted by atomic mass is 10.1. The van der Waals surface area contributed by atoms with E-state index in [1.54, 1.807) is 32.0 Å². The number of nitrogens with one attached hydrogen (secondary N) is 1. The number of ether oxygens (including phenoxy) is 1. The van der Waals surface area contributed by atoms with Gasteiger partial charge in [0.25, 0.3) is 5.56 Å². The minimum absolute atomic E-state index is 0.00774. The molecule has 0 atom stereocenters. The second-order valence-corrected chi connectivity index (χ2v) is 8.42. The van der Waals surface area contributed by atoms with Crippen LogP contribution in [0.4, 0.5) is 0 Å². The molecule has 0 aliphatic carbocycles. The molecule has 0 amide bonds. The topological polar surface area (TPSA) is 79.5 Å². The molecule has 0 saturated carbocycles. The van der Waals surface area contributed by atoms with Crippen molar-refractivity contribution in [1.82, 2.24) is 9.29 Å². The van der Waals surface area contributed by atoms with E-state index in [9.17, 15) is 13.2 Å². The van der Waals surface area contributed by atoms with Gasteiger partial charge >= 0.3 is 0 Å². The van der Waals surface area contributed by atoms with Gasteiger partial charge in [0.15, 0.2) is 0 Å². The third-order valence-corrected chi connectivity index (χ3v) is 6.43. The Hall–Kier alpha value is -2.64. The Bertz CT molecular complexity index is 1100. The summed E-state index contributed by atoms with van der Waals surface area (Å²) < 4.78 is 32.7. The molecule has 27 heavy (non-hydrogen) atoms. The van der Waals surface area contributed by atoms with Gasteiger partial charge in [0, 0.05) is 23.7 Å². The van der Waals surface area contributed by atoms with Crippen LogP contribution in [0.5, 0.6) is 5.75 Å². The summed E-state index contributed by atoms with van der Waals surface area (Å²) in [6, 6.07) is 15.1. The second-order valence-electron chi connectivity index (χ2n) is 6.53. The molecule has 6 nitrogen and oxygen atoms in total. The molecule has 2 aromatic carbocycles. The molecule has 7 heteroatoms. The first-order chi connectivity index (χ1) is 12.8. The first kappa shape index (κ1) is 19.1. The number of benzene rings is 2. The molecule has 0 bridgehead atoms. The summed E-state index contributed by atoms with van der Waals surface area (Å²) in [5.74, 6) is 0.580. The lowest BCUT2D eigenvalue weighted by Crippen LogP contribution is -2.38. The smallest absolute Gasteiger partial charge is 0.252 e. The van der Waals surface area contributed by atoms with Gasteiger partial charge in [-0.05, 0) is 55.6 Å². The number of methoxy groups -OCH3 is 1. The lowest BCUT2D eigenvalue weighted by molar-refractivity contribution is 0.347. The standard InChI is InChI=1S/C20H22N2O4S/c1-14(2)22(27(24,25)18-10-8-17(26-3)9-11-18)13-16-12-15-6-4-5-7-19(15)21-20(16)23/h4-12,14H,13H2,1-3H3,(H,21,23). The van der Waals surface area contributed by atoms with Gasteiger partial charge in [-0.3, -0.25) is 4.79 Å². The third kappa shape index (κ3) is 3.89. The number of pyridine rings is 1. The summed E-state index contributed by atoms with van der Waals surface area (Å²) in [6.07, 6.45) is 0. The van der Waals surface area contributed by atoms with Gasteiger partial charge in [-0.25, -0.2) is 8.42 Å². The summed E-state index contributed by atoms with van der Waals surface area (Å²) >= 11 is 0. The fourth-order valence-corrected chi connectivity index (χ4v) is 4.52. The molecule has 0 aliphatic rings. The van der Waals surface area contributed by atoms with Crippen molar-refractivity contribution in [3.8, 4) is 5.75 Å². The fraction of sp³-hybridized carbons (Fsp3) is 0.250. The van der Waals surface area contributed by atoms with E-state index in [0.29, 0.717) is 11.3 Å². The van der Waals surface area contributed by atoms with Gasteiger partial charge in [-0.2, -0.15) is 4.31 Å². The zero-order valence-corrected chi connectivity index (χ0v) is 16.3. The SMILES string of the molecule is COc1ccc(S(=O)(=O)N(Cc2cc3ccccc3[nH]c2=O)C(C)C)cc1. The van der Waals surface area contributed by atoms with Crippen molar-refractivity contribution >= 4 is 20.9 Å². The number of aromatic amines is 1. The molecule has 3 rings (SSSR count). The monoisotopic (exact) mass is 386 g/mol. The van der Waals surface area contributed by atoms with E-state index < -0.39 is 10.0 Å². The number of H-pyrrole nitrogens is 1. The molecule has 1 N–H and O–H groups in total. The number of nitrogens with zero attached hydrogens (tertiary/aromatic N) is 1. The number of hydrogen-bond donors (Lipinski definition) is 1. The Morgan fingerprint density at radius 1 is 1.07 bits per heavy atom. The molecule has 0 spiro atoms. The van der Waals surface area contributed by atoms with Gasteiger partial charge in [-0.1, -0.05) is 18.2 Å². The van der Waals surface area contributed by atoms with Crippen molar-refractivity contribution in [3.63, 3.8) is 0 Å². The Balaban J connectivity index is 2.00. The summed E-state index contributed by atoms with van der Waals surface area (Å²) in [5, 5.41) is 0.859. The second kappa shape index (κ2) is 7.54. The highest BCUT2D eigenvalue weighted by Crippen LogP contribution is 2.23. The van der Waals surface area contributed by atoms with E-state index in [-0.39, 0.29) is 23.0 Å². The van der Waals surface area contributed by atoms with Crippen molar-refractivity contribution < 1.29 is 13.2 Å². The van der Waals surface area contributed by atoms with E-state index in [4.69, 9.17) is 4.74 Å². The maximum absolute atomic E-state index is 13.1. The molecule has 0 saturated heterocycles. The Morgan fingerprint density at radius 3 is 2.37 bits per heavy atom. The van der Waals surface area contributed by atoms with Crippen LogP contribution in [-0.2, 0) is 16.6 Å². The van der Waals surface area contributed by atoms with Crippen LogP contribution >= 0.6 is 0 Å². The number of rotatable bonds is 6. The number of sulfonamides is 1. The van der Waals surface area contributed by atoms with E-state index in [1.807, 2.05) is 24.3 Å². The van der Waals surface area contributed by atoms with Crippen LogP contribution in [0.3, 0.4) is 0 Å². The zero-order chi connectivity index (χ0) is 19.6. The minimum Gasteiger partial charge on any atom is -0.497 e. The molecule has 1 aromatic heterocycles. The van der Waals surface area contributed by atoms with E-state index in [2.05, 4.69) is 4.98 Å². The number of aromatic nitrogens is 1. The normalized spacial score (nSPS) is 12.0. The molecular formula is C20H22N2O4S. The first-order valence-electron chi connectivity index (χ1n) is 8.60. The Morgan fingerprint density at radius 2 is 1.74 bits per heavy atom. The van der Waals surface area contributed by atoms with Crippen molar-refractivity contribution in [2.75, 3.05) is 7.11 Å². The van der Waals surface area contributed by atoms with Crippen LogP contribution in [0.2, 0.25) is 0 Å². The molecule has 3 aromatic rings. The highest BCUT2D eigenvalue weighted by atomic mass is 32.2. The van der Waals surface area contributed by atoms with E-state index >= 15 is 0 Å². The molecule has 0 fully saturated rings. The van der Waals surface area contributed by atoms with Crippen LogP contribution in [0.15, 0.2) is 64.3 Å². The maximum atomic E-state index is 13.1.